The number of unbranched alkanes of at least 4 members (excludes halogenated alkanes) is 3. The van der Waals surface area contributed by atoms with Gasteiger partial charge in [-0.25, -0.2) is 9.78 Å². The summed E-state index contributed by atoms with van der Waals surface area (Å²) in [6, 6.07) is 7.67. The average Bonchev–Trinajstić information content (AvgIpc) is 2.99. The van der Waals surface area contributed by atoms with E-state index in [1.165, 1.54) is 30.6 Å². The van der Waals surface area contributed by atoms with E-state index in [-0.39, 0.29) is 0 Å². The molecule has 0 aliphatic carbocycles. The van der Waals surface area contributed by atoms with Crippen molar-refractivity contribution in [1.29, 1.82) is 0 Å². The summed E-state index contributed by atoms with van der Waals surface area (Å²) in [5.41, 5.74) is 1.52. The molecule has 0 unspecified atom stereocenters. The van der Waals surface area contributed by atoms with E-state index in [2.05, 4.69) is 17.2 Å². The van der Waals surface area contributed by atoms with Gasteiger partial charge in [-0.1, -0.05) is 50.9 Å². The van der Waals surface area contributed by atoms with Crippen molar-refractivity contribution in [3.05, 3.63) is 34.8 Å². The van der Waals surface area contributed by atoms with Gasteiger partial charge in [0.2, 0.25) is 0 Å². The number of nitrogens with one attached hydrogen (secondary N) is 1. The van der Waals surface area contributed by atoms with Gasteiger partial charge in [0.15, 0.2) is 5.13 Å². The van der Waals surface area contributed by atoms with Gasteiger partial charge in [-0.15, -0.1) is 0 Å². The number of nitrogens with zero attached hydrogens (tertiary/aromatic N) is 1. The van der Waals surface area contributed by atoms with Gasteiger partial charge >= 0.3 is 5.97 Å². The molecule has 5 nitrogen and oxygen atoms in total. The zero-order chi connectivity index (χ0) is 18.1. The first kappa shape index (κ1) is 19.2. The standard InChI is InChI=1S/C19H26N2O3S/c1-3-5-6-7-13-24-15-11-9-14(10-12-15)20-19-21-16(8-4-2)17(25-19)18(22)23/h9-12H,3-8,13H2,1-2H3,(H,20,21)(H,22,23). The molecule has 0 amide bonds. The lowest BCUT2D eigenvalue weighted by Gasteiger charge is -2.07. The SMILES string of the molecule is CCCCCCOc1ccc(Nc2nc(CCC)c(C(=O)O)s2)cc1. The van der Waals surface area contributed by atoms with Crippen molar-refractivity contribution in [2.45, 2.75) is 52.4 Å². The second-order valence-corrected chi connectivity index (χ2v) is 6.91. The Kier molecular flexibility index (Phi) is 7.73. The maximum absolute atomic E-state index is 11.3. The lowest BCUT2D eigenvalue weighted by molar-refractivity contribution is 0.0700. The van der Waals surface area contributed by atoms with Crippen molar-refractivity contribution in [2.24, 2.45) is 0 Å². The molecule has 0 saturated heterocycles. The summed E-state index contributed by atoms with van der Waals surface area (Å²) in [7, 11) is 0. The van der Waals surface area contributed by atoms with Crippen molar-refractivity contribution < 1.29 is 14.6 Å². The van der Waals surface area contributed by atoms with Crippen LogP contribution in [-0.2, 0) is 6.42 Å². The van der Waals surface area contributed by atoms with Gasteiger partial charge in [0.25, 0.3) is 0 Å². The minimum absolute atomic E-state index is 0.316. The summed E-state index contributed by atoms with van der Waals surface area (Å²) in [5.74, 6) is -0.0695. The number of carbonyl (C=O) groups is 1. The Balaban J connectivity index is 1.92. The summed E-state index contributed by atoms with van der Waals surface area (Å²) < 4.78 is 5.73. The van der Waals surface area contributed by atoms with Crippen molar-refractivity contribution in [2.75, 3.05) is 11.9 Å². The molecule has 0 bridgehead atoms. The van der Waals surface area contributed by atoms with Gasteiger partial charge in [-0.05, 0) is 37.1 Å². The topological polar surface area (TPSA) is 71.5 Å². The number of rotatable bonds is 11. The minimum atomic E-state index is -0.916. The number of carboxylic acid groups (broad SMARTS) is 1. The van der Waals surface area contributed by atoms with Crippen molar-refractivity contribution in [1.82, 2.24) is 4.98 Å². The highest BCUT2D eigenvalue weighted by Crippen LogP contribution is 2.28. The fourth-order valence-corrected chi connectivity index (χ4v) is 3.33. The first-order chi connectivity index (χ1) is 12.1. The lowest BCUT2D eigenvalue weighted by atomic mass is 10.2. The number of ether oxygens (including phenoxy) is 1. The van der Waals surface area contributed by atoms with E-state index < -0.39 is 5.97 Å². The van der Waals surface area contributed by atoms with Crippen LogP contribution in [-0.4, -0.2) is 22.7 Å². The molecule has 0 fully saturated rings. The van der Waals surface area contributed by atoms with Crippen molar-refractivity contribution >= 4 is 28.1 Å². The van der Waals surface area contributed by atoms with E-state index in [1.807, 2.05) is 31.2 Å². The maximum Gasteiger partial charge on any atom is 0.347 e. The second-order valence-electron chi connectivity index (χ2n) is 5.91. The molecule has 1 aromatic heterocycles. The Bertz CT molecular complexity index is 668. The first-order valence-electron chi connectivity index (χ1n) is 8.87. The van der Waals surface area contributed by atoms with Crippen molar-refractivity contribution in [3.63, 3.8) is 0 Å². The highest BCUT2D eigenvalue weighted by molar-refractivity contribution is 7.17. The van der Waals surface area contributed by atoms with Crippen LogP contribution in [0.25, 0.3) is 0 Å². The van der Waals surface area contributed by atoms with Crippen LogP contribution in [0.1, 0.15) is 61.3 Å². The third-order valence-electron chi connectivity index (χ3n) is 3.75. The number of carboxylic acids is 1. The van der Waals surface area contributed by atoms with E-state index in [0.29, 0.717) is 22.1 Å². The number of aromatic nitrogens is 1. The second kappa shape index (κ2) is 10.0. The van der Waals surface area contributed by atoms with Gasteiger partial charge in [-0.3, -0.25) is 0 Å². The average molecular weight is 362 g/mol. The number of anilines is 2. The number of thiazole rings is 1. The van der Waals surface area contributed by atoms with Gasteiger partial charge < -0.3 is 15.2 Å². The zero-order valence-corrected chi connectivity index (χ0v) is 15.7. The molecule has 0 saturated carbocycles. The molecule has 6 heteroatoms. The Labute approximate surface area is 153 Å². The zero-order valence-electron chi connectivity index (χ0n) is 14.9. The Morgan fingerprint density at radius 2 is 1.92 bits per heavy atom. The highest BCUT2D eigenvalue weighted by atomic mass is 32.1. The quantitative estimate of drug-likeness (QED) is 0.517. The lowest BCUT2D eigenvalue weighted by Crippen LogP contribution is -1.98. The number of hydrogen-bond donors (Lipinski definition) is 2. The maximum atomic E-state index is 11.3. The molecule has 0 radical (unpaired) electrons. The van der Waals surface area contributed by atoms with E-state index in [9.17, 15) is 9.90 Å². The first-order valence-corrected chi connectivity index (χ1v) is 9.68. The monoisotopic (exact) mass is 362 g/mol. The third kappa shape index (κ3) is 6.05. The normalized spacial score (nSPS) is 10.6. The summed E-state index contributed by atoms with van der Waals surface area (Å²) in [5, 5.41) is 13.1. The minimum Gasteiger partial charge on any atom is -0.494 e. The summed E-state index contributed by atoms with van der Waals surface area (Å²) in [6.07, 6.45) is 6.29. The molecule has 0 aliphatic rings. The van der Waals surface area contributed by atoms with Crippen LogP contribution in [0, 0.1) is 0 Å². The van der Waals surface area contributed by atoms with Crippen LogP contribution in [0.4, 0.5) is 10.8 Å². The predicted octanol–water partition coefficient (Wildman–Crippen LogP) is 5.50. The fourth-order valence-electron chi connectivity index (χ4n) is 2.46. The molecule has 2 rings (SSSR count). The Morgan fingerprint density at radius 1 is 1.16 bits per heavy atom. The summed E-state index contributed by atoms with van der Waals surface area (Å²) in [4.78, 5) is 16.0. The van der Waals surface area contributed by atoms with E-state index in [0.717, 1.165) is 30.9 Å². The molecule has 1 aromatic carbocycles. The fraction of sp³-hybridized carbons (Fsp3) is 0.474. The number of benzene rings is 1. The molecule has 25 heavy (non-hydrogen) atoms. The molecule has 0 aliphatic heterocycles. The van der Waals surface area contributed by atoms with E-state index in [1.54, 1.807) is 0 Å². The summed E-state index contributed by atoms with van der Waals surface area (Å²) in [6.45, 7) is 4.94. The van der Waals surface area contributed by atoms with Crippen LogP contribution in [0.2, 0.25) is 0 Å². The van der Waals surface area contributed by atoms with Crippen LogP contribution < -0.4 is 10.1 Å². The van der Waals surface area contributed by atoms with Crippen LogP contribution in [0.15, 0.2) is 24.3 Å². The van der Waals surface area contributed by atoms with Crippen LogP contribution in [0.5, 0.6) is 5.75 Å². The largest absolute Gasteiger partial charge is 0.494 e. The third-order valence-corrected chi connectivity index (χ3v) is 4.75. The predicted molar refractivity (Wildman–Crippen MR) is 102 cm³/mol. The van der Waals surface area contributed by atoms with Gasteiger partial charge in [0.05, 0.1) is 12.3 Å². The number of hydrogen-bond acceptors (Lipinski definition) is 5. The Morgan fingerprint density at radius 3 is 2.56 bits per heavy atom. The van der Waals surface area contributed by atoms with E-state index in [4.69, 9.17) is 4.74 Å². The van der Waals surface area contributed by atoms with E-state index >= 15 is 0 Å². The molecule has 1 heterocycles. The molecule has 0 atom stereocenters. The van der Waals surface area contributed by atoms with Crippen molar-refractivity contribution in [3.8, 4) is 5.75 Å². The molecule has 0 spiro atoms. The molecular formula is C19H26N2O3S. The van der Waals surface area contributed by atoms with Crippen LogP contribution in [0.3, 0.4) is 0 Å². The van der Waals surface area contributed by atoms with Crippen LogP contribution >= 0.6 is 11.3 Å². The molecule has 2 N–H and O–H groups in total. The van der Waals surface area contributed by atoms with Gasteiger partial charge in [-0.2, -0.15) is 0 Å². The molecular weight excluding hydrogens is 336 g/mol. The summed E-state index contributed by atoms with van der Waals surface area (Å²) >= 11 is 1.18. The Hall–Kier alpha value is -2.08. The molecule has 136 valence electrons. The van der Waals surface area contributed by atoms with Gasteiger partial charge in [0.1, 0.15) is 10.6 Å². The number of aromatic carboxylic acids is 1. The highest BCUT2D eigenvalue weighted by Gasteiger charge is 2.16. The number of aryl methyl sites for hydroxylation is 1. The smallest absolute Gasteiger partial charge is 0.347 e. The molecule has 2 aromatic rings. The van der Waals surface area contributed by atoms with Gasteiger partial charge in [0, 0.05) is 5.69 Å².